The van der Waals surface area contributed by atoms with Crippen LogP contribution in [0.25, 0.3) is 11.2 Å². The molecule has 0 unspecified atom stereocenters. The fourth-order valence-electron chi connectivity index (χ4n) is 3.80. The Morgan fingerprint density at radius 1 is 1.29 bits per heavy atom. The first-order valence-corrected chi connectivity index (χ1v) is 11.3. The molecule has 4 N–H and O–H groups in total. The molecule has 2 aromatic heterocycles. The maximum atomic E-state index is 11.9. The summed E-state index contributed by atoms with van der Waals surface area (Å²) >= 11 is 1.61. The summed E-state index contributed by atoms with van der Waals surface area (Å²) in [4.78, 5) is 26.3. The average Bonchev–Trinajstić information content (AvgIpc) is 3.29. The highest BCUT2D eigenvalue weighted by Gasteiger charge is 2.23. The molecule has 1 aromatic carbocycles. The van der Waals surface area contributed by atoms with Crippen molar-refractivity contribution in [1.82, 2.24) is 24.8 Å². The minimum absolute atomic E-state index is 0.353. The fraction of sp³-hybridized carbons (Fsp3) is 0.455. The van der Waals surface area contributed by atoms with Gasteiger partial charge in [-0.05, 0) is 69.2 Å². The molecule has 0 fully saturated rings. The van der Waals surface area contributed by atoms with Gasteiger partial charge < -0.3 is 20.7 Å². The van der Waals surface area contributed by atoms with Crippen LogP contribution in [-0.4, -0.2) is 42.7 Å². The molecule has 0 radical (unpaired) electrons. The van der Waals surface area contributed by atoms with Gasteiger partial charge in [0, 0.05) is 18.0 Å². The van der Waals surface area contributed by atoms with Gasteiger partial charge >= 0.3 is 0 Å². The summed E-state index contributed by atoms with van der Waals surface area (Å²) in [7, 11) is 0. The van der Waals surface area contributed by atoms with E-state index >= 15 is 0 Å². The molecule has 0 spiro atoms. The van der Waals surface area contributed by atoms with Crippen LogP contribution in [0, 0.1) is 6.92 Å². The maximum absolute atomic E-state index is 11.9. The van der Waals surface area contributed by atoms with Crippen molar-refractivity contribution < 1.29 is 9.90 Å². The molecular formula is C22H28N6O2S. The highest BCUT2D eigenvalue weighted by molar-refractivity contribution is 7.99. The summed E-state index contributed by atoms with van der Waals surface area (Å²) in [6, 6.07) is 4.57. The Morgan fingerprint density at radius 3 is 2.77 bits per heavy atom. The Morgan fingerprint density at radius 2 is 2.03 bits per heavy atom. The van der Waals surface area contributed by atoms with Gasteiger partial charge in [-0.1, -0.05) is 17.8 Å². The molecule has 8 nitrogen and oxygen atoms in total. The number of carbonyl (C=O) groups excluding carboxylic acids is 1. The van der Waals surface area contributed by atoms with Crippen LogP contribution in [0.1, 0.15) is 43.4 Å². The highest BCUT2D eigenvalue weighted by Crippen LogP contribution is 2.36. The summed E-state index contributed by atoms with van der Waals surface area (Å²) in [6.45, 7) is 6.11. The van der Waals surface area contributed by atoms with E-state index in [9.17, 15) is 9.90 Å². The standard InChI is InChI=1S/C22H28N6O2S/c1-13-10-14-6-4-7-15(14)11-16(13)31-21-27-17-18(23)25-12-26-19(17)28(21)9-5-8-24-20(29)22(2,3)30/h10-12,30H,4-9H2,1-3H3,(H,24,29)(H2,23,25,26). The topological polar surface area (TPSA) is 119 Å². The normalized spacial score (nSPS) is 13.5. The quantitative estimate of drug-likeness (QED) is 0.483. The number of aromatic nitrogens is 4. The molecule has 0 saturated carbocycles. The first kappa shape index (κ1) is 21.6. The van der Waals surface area contributed by atoms with Crippen molar-refractivity contribution in [1.29, 1.82) is 0 Å². The molecule has 0 atom stereocenters. The first-order chi connectivity index (χ1) is 14.7. The molecule has 0 aliphatic heterocycles. The van der Waals surface area contributed by atoms with E-state index in [1.54, 1.807) is 11.8 Å². The lowest BCUT2D eigenvalue weighted by atomic mass is 10.1. The van der Waals surface area contributed by atoms with Crippen LogP contribution in [0.4, 0.5) is 5.82 Å². The molecule has 2 heterocycles. The van der Waals surface area contributed by atoms with E-state index in [0.29, 0.717) is 36.5 Å². The first-order valence-electron chi connectivity index (χ1n) is 10.5. The van der Waals surface area contributed by atoms with Crippen molar-refractivity contribution in [3.63, 3.8) is 0 Å². The number of amides is 1. The van der Waals surface area contributed by atoms with E-state index < -0.39 is 11.5 Å². The van der Waals surface area contributed by atoms with E-state index in [0.717, 1.165) is 18.0 Å². The summed E-state index contributed by atoms with van der Waals surface area (Å²) in [6.07, 6.45) is 5.60. The van der Waals surface area contributed by atoms with Crippen LogP contribution in [0.15, 0.2) is 28.5 Å². The number of hydrogen-bond donors (Lipinski definition) is 3. The Balaban J connectivity index is 1.58. The SMILES string of the molecule is Cc1cc2c(cc1Sc1nc3c(N)ncnc3n1CCCNC(=O)C(C)(C)O)CCC2. The van der Waals surface area contributed by atoms with Crippen molar-refractivity contribution in [2.75, 3.05) is 12.3 Å². The molecule has 1 amide bonds. The Labute approximate surface area is 185 Å². The number of fused-ring (bicyclic) bond motifs is 2. The molecular weight excluding hydrogens is 412 g/mol. The van der Waals surface area contributed by atoms with Crippen LogP contribution in [-0.2, 0) is 24.2 Å². The van der Waals surface area contributed by atoms with Crippen molar-refractivity contribution in [3.8, 4) is 0 Å². The van der Waals surface area contributed by atoms with Gasteiger partial charge in [-0.25, -0.2) is 15.0 Å². The zero-order chi connectivity index (χ0) is 22.2. The number of aliphatic hydroxyl groups is 1. The number of imidazole rings is 1. The summed E-state index contributed by atoms with van der Waals surface area (Å²) in [5, 5.41) is 13.3. The number of nitrogens with two attached hydrogens (primary N) is 1. The average molecular weight is 441 g/mol. The van der Waals surface area contributed by atoms with Gasteiger partial charge in [0.2, 0.25) is 0 Å². The fourth-order valence-corrected chi connectivity index (χ4v) is 4.84. The van der Waals surface area contributed by atoms with Crippen molar-refractivity contribution >= 4 is 34.7 Å². The molecule has 1 aliphatic rings. The molecule has 9 heteroatoms. The van der Waals surface area contributed by atoms with Gasteiger partial charge in [0.1, 0.15) is 11.9 Å². The molecule has 164 valence electrons. The Kier molecular flexibility index (Phi) is 5.90. The molecule has 3 aromatic rings. The van der Waals surface area contributed by atoms with Crippen LogP contribution in [0.3, 0.4) is 0 Å². The Bertz CT molecular complexity index is 1140. The number of nitrogens with one attached hydrogen (secondary N) is 1. The zero-order valence-corrected chi connectivity index (χ0v) is 18.9. The zero-order valence-electron chi connectivity index (χ0n) is 18.1. The van der Waals surface area contributed by atoms with Gasteiger partial charge in [0.25, 0.3) is 5.91 Å². The third-order valence-corrected chi connectivity index (χ3v) is 6.67. The molecule has 4 rings (SSSR count). The number of hydrogen-bond acceptors (Lipinski definition) is 7. The van der Waals surface area contributed by atoms with Gasteiger partial charge in [-0.3, -0.25) is 4.79 Å². The smallest absolute Gasteiger partial charge is 0.251 e. The largest absolute Gasteiger partial charge is 0.382 e. The van der Waals surface area contributed by atoms with E-state index in [2.05, 4.69) is 34.3 Å². The van der Waals surface area contributed by atoms with Crippen LogP contribution in [0.2, 0.25) is 0 Å². The van der Waals surface area contributed by atoms with Gasteiger partial charge in [0.15, 0.2) is 22.1 Å². The van der Waals surface area contributed by atoms with E-state index in [-0.39, 0.29) is 0 Å². The van der Waals surface area contributed by atoms with Gasteiger partial charge in [-0.15, -0.1) is 0 Å². The molecule has 1 aliphatic carbocycles. The Hall–Kier alpha value is -2.65. The van der Waals surface area contributed by atoms with E-state index in [1.807, 2.05) is 4.57 Å². The predicted molar refractivity (Wildman–Crippen MR) is 121 cm³/mol. The van der Waals surface area contributed by atoms with E-state index in [1.165, 1.54) is 48.2 Å². The lowest BCUT2D eigenvalue weighted by Crippen LogP contribution is -2.42. The molecule has 0 saturated heterocycles. The number of carbonyl (C=O) groups is 1. The summed E-state index contributed by atoms with van der Waals surface area (Å²) < 4.78 is 2.03. The van der Waals surface area contributed by atoms with Crippen molar-refractivity contribution in [3.05, 3.63) is 35.2 Å². The van der Waals surface area contributed by atoms with Crippen LogP contribution >= 0.6 is 11.8 Å². The number of benzene rings is 1. The maximum Gasteiger partial charge on any atom is 0.251 e. The number of rotatable bonds is 7. The number of aryl methyl sites for hydroxylation is 4. The molecule has 0 bridgehead atoms. The minimum Gasteiger partial charge on any atom is -0.382 e. The van der Waals surface area contributed by atoms with Crippen molar-refractivity contribution in [2.24, 2.45) is 0 Å². The second kappa shape index (κ2) is 8.47. The number of nitrogen functional groups attached to an aromatic ring is 1. The van der Waals surface area contributed by atoms with Crippen LogP contribution < -0.4 is 11.1 Å². The summed E-state index contributed by atoms with van der Waals surface area (Å²) in [5.41, 5.74) is 10.0. The van der Waals surface area contributed by atoms with Crippen LogP contribution in [0.5, 0.6) is 0 Å². The number of anilines is 1. The van der Waals surface area contributed by atoms with Gasteiger partial charge in [0.05, 0.1) is 0 Å². The predicted octanol–water partition coefficient (Wildman–Crippen LogP) is 2.63. The third-order valence-electron chi connectivity index (χ3n) is 5.52. The van der Waals surface area contributed by atoms with Gasteiger partial charge in [-0.2, -0.15) is 0 Å². The minimum atomic E-state index is -1.39. The molecule has 31 heavy (non-hydrogen) atoms. The number of nitrogens with zero attached hydrogens (tertiary/aromatic N) is 4. The second-order valence-corrected chi connectivity index (χ2v) is 9.50. The highest BCUT2D eigenvalue weighted by atomic mass is 32.2. The second-order valence-electron chi connectivity index (χ2n) is 8.49. The lowest BCUT2D eigenvalue weighted by Gasteiger charge is -2.16. The van der Waals surface area contributed by atoms with Crippen molar-refractivity contribution in [2.45, 2.75) is 68.7 Å². The van der Waals surface area contributed by atoms with E-state index in [4.69, 9.17) is 10.7 Å². The lowest BCUT2D eigenvalue weighted by molar-refractivity contribution is -0.136. The third kappa shape index (κ3) is 4.52. The summed E-state index contributed by atoms with van der Waals surface area (Å²) in [5.74, 6) is -0.0375. The monoisotopic (exact) mass is 440 g/mol.